The normalized spacial score (nSPS) is 36.0. The molecular formula is C20H26Cl2N2O3. The number of aliphatic hydroxyl groups excluding tert-OH is 1. The Labute approximate surface area is 169 Å². The number of hydrogen-bond acceptors (Lipinski definition) is 4. The predicted octanol–water partition coefficient (Wildman–Crippen LogP) is 3.54. The summed E-state index contributed by atoms with van der Waals surface area (Å²) in [5.41, 5.74) is -1.25. The van der Waals surface area contributed by atoms with Crippen LogP contribution in [0.15, 0.2) is 12.1 Å². The van der Waals surface area contributed by atoms with E-state index in [0.29, 0.717) is 10.7 Å². The van der Waals surface area contributed by atoms with Gasteiger partial charge in [-0.3, -0.25) is 4.79 Å². The zero-order valence-electron chi connectivity index (χ0n) is 15.7. The molecule has 27 heavy (non-hydrogen) atoms. The van der Waals surface area contributed by atoms with Crippen molar-refractivity contribution < 1.29 is 15.0 Å². The number of benzene rings is 1. The van der Waals surface area contributed by atoms with E-state index in [1.165, 1.54) is 0 Å². The van der Waals surface area contributed by atoms with Crippen LogP contribution < -0.4 is 5.32 Å². The second-order valence-electron chi connectivity index (χ2n) is 8.79. The maximum atomic E-state index is 12.6. The first kappa shape index (κ1) is 19.5. The monoisotopic (exact) mass is 412 g/mol. The van der Waals surface area contributed by atoms with Crippen LogP contribution in [0.1, 0.15) is 50.5 Å². The van der Waals surface area contributed by atoms with Gasteiger partial charge in [-0.05, 0) is 70.2 Å². The number of hydrogen-bond donors (Lipinski definition) is 3. The van der Waals surface area contributed by atoms with Crippen molar-refractivity contribution in [1.29, 1.82) is 0 Å². The third-order valence-corrected chi connectivity index (χ3v) is 8.17. The third kappa shape index (κ3) is 2.74. The zero-order valence-corrected chi connectivity index (χ0v) is 17.2. The highest BCUT2D eigenvalue weighted by atomic mass is 35.5. The van der Waals surface area contributed by atoms with E-state index < -0.39 is 17.6 Å². The van der Waals surface area contributed by atoms with Gasteiger partial charge in [0.2, 0.25) is 0 Å². The number of amides is 1. The van der Waals surface area contributed by atoms with E-state index in [4.69, 9.17) is 23.2 Å². The lowest BCUT2D eigenvalue weighted by Crippen LogP contribution is -2.57. The Morgan fingerprint density at radius 1 is 1.11 bits per heavy atom. The fourth-order valence-corrected chi connectivity index (χ4v) is 5.98. The van der Waals surface area contributed by atoms with Gasteiger partial charge in [0.15, 0.2) is 5.60 Å². The molecule has 3 N–H and O–H groups in total. The smallest absolute Gasteiger partial charge is 0.261 e. The Kier molecular flexibility index (Phi) is 4.56. The molecule has 5 rings (SSSR count). The average Bonchev–Trinajstić information content (AvgIpc) is 2.92. The summed E-state index contributed by atoms with van der Waals surface area (Å²) in [6.45, 7) is 0. The first-order valence-corrected chi connectivity index (χ1v) is 10.3. The van der Waals surface area contributed by atoms with Crippen LogP contribution in [0.25, 0.3) is 0 Å². The van der Waals surface area contributed by atoms with Gasteiger partial charge in [-0.15, -0.1) is 0 Å². The van der Waals surface area contributed by atoms with Gasteiger partial charge in [-0.25, -0.2) is 0 Å². The van der Waals surface area contributed by atoms with Gasteiger partial charge in [-0.2, -0.15) is 0 Å². The summed E-state index contributed by atoms with van der Waals surface area (Å²) < 4.78 is 0. The molecule has 2 atom stereocenters. The number of carbonyl (C=O) groups excluding carboxylic acids is 1. The van der Waals surface area contributed by atoms with Crippen LogP contribution in [-0.2, 0) is 10.4 Å². The topological polar surface area (TPSA) is 72.8 Å². The van der Waals surface area contributed by atoms with Crippen molar-refractivity contribution in [2.45, 2.75) is 62.2 Å². The molecule has 148 valence electrons. The molecule has 1 heterocycles. The minimum atomic E-state index is -1.86. The molecule has 1 unspecified atom stereocenters. The van der Waals surface area contributed by atoms with Gasteiger partial charge in [0.25, 0.3) is 5.91 Å². The predicted molar refractivity (Wildman–Crippen MR) is 106 cm³/mol. The van der Waals surface area contributed by atoms with Crippen LogP contribution in [0.4, 0.5) is 5.69 Å². The molecule has 0 spiro atoms. The number of rotatable bonds is 4. The molecule has 4 aliphatic rings. The first-order chi connectivity index (χ1) is 12.6. The van der Waals surface area contributed by atoms with E-state index >= 15 is 0 Å². The molecule has 3 fully saturated rings. The lowest BCUT2D eigenvalue weighted by molar-refractivity contribution is -0.148. The Balaban J connectivity index is 1.61. The fraction of sp³-hybridized carbons (Fsp3) is 0.650. The van der Waals surface area contributed by atoms with Gasteiger partial charge in [-0.1, -0.05) is 23.2 Å². The van der Waals surface area contributed by atoms with Gasteiger partial charge in [0.05, 0.1) is 16.8 Å². The molecule has 0 saturated heterocycles. The summed E-state index contributed by atoms with van der Waals surface area (Å²) in [5, 5.41) is 25.7. The number of fused-ring (bicyclic) bond motifs is 4. The Morgan fingerprint density at radius 3 is 2.22 bits per heavy atom. The Morgan fingerprint density at radius 2 is 1.67 bits per heavy atom. The average molecular weight is 413 g/mol. The van der Waals surface area contributed by atoms with E-state index in [0.717, 1.165) is 38.5 Å². The quantitative estimate of drug-likeness (QED) is 0.706. The van der Waals surface area contributed by atoms with Crippen molar-refractivity contribution in [1.82, 2.24) is 4.90 Å². The minimum Gasteiger partial charge on any atom is -0.392 e. The summed E-state index contributed by atoms with van der Waals surface area (Å²) in [5.74, 6) is -0.572. The van der Waals surface area contributed by atoms with Crippen LogP contribution in [0, 0.1) is 5.41 Å². The second-order valence-corrected chi connectivity index (χ2v) is 9.61. The molecule has 0 radical (unpaired) electrons. The maximum Gasteiger partial charge on any atom is 0.261 e. The highest BCUT2D eigenvalue weighted by molar-refractivity contribution is 6.38. The highest BCUT2D eigenvalue weighted by Crippen LogP contribution is 2.58. The summed E-state index contributed by atoms with van der Waals surface area (Å²) in [6.07, 6.45) is 4.96. The number of nitrogens with one attached hydrogen (secondary N) is 1. The van der Waals surface area contributed by atoms with Crippen LogP contribution in [0.2, 0.25) is 10.0 Å². The summed E-state index contributed by atoms with van der Waals surface area (Å²) in [6, 6.07) is 3.16. The summed E-state index contributed by atoms with van der Waals surface area (Å²) in [4.78, 5) is 14.9. The molecular weight excluding hydrogens is 387 g/mol. The molecule has 1 amide bonds. The summed E-state index contributed by atoms with van der Waals surface area (Å²) >= 11 is 12.5. The molecule has 0 aromatic heterocycles. The number of anilines is 1. The lowest BCUT2D eigenvalue weighted by Gasteiger charge is -2.58. The van der Waals surface area contributed by atoms with E-state index in [-0.39, 0.29) is 28.0 Å². The minimum absolute atomic E-state index is 0.0686. The number of aliphatic hydroxyl groups is 2. The number of halogens is 2. The lowest BCUT2D eigenvalue weighted by atomic mass is 9.54. The zero-order chi connectivity index (χ0) is 19.6. The van der Waals surface area contributed by atoms with E-state index in [2.05, 4.69) is 24.3 Å². The van der Waals surface area contributed by atoms with E-state index in [1.54, 1.807) is 12.1 Å². The largest absolute Gasteiger partial charge is 0.392 e. The molecule has 3 saturated carbocycles. The second kappa shape index (κ2) is 6.33. The van der Waals surface area contributed by atoms with Crippen molar-refractivity contribution >= 4 is 34.8 Å². The van der Waals surface area contributed by atoms with Crippen molar-refractivity contribution in [3.05, 3.63) is 27.7 Å². The van der Waals surface area contributed by atoms with Crippen molar-refractivity contribution in [2.24, 2.45) is 5.41 Å². The molecule has 2 bridgehead atoms. The van der Waals surface area contributed by atoms with Crippen LogP contribution in [-0.4, -0.2) is 46.8 Å². The highest BCUT2D eigenvalue weighted by Gasteiger charge is 2.56. The maximum absolute atomic E-state index is 12.6. The molecule has 1 aromatic carbocycles. The van der Waals surface area contributed by atoms with Crippen molar-refractivity contribution in [2.75, 3.05) is 19.4 Å². The SMILES string of the molecule is CN(C)C12CCC(C(O)C[C@]3(O)C(=O)Nc4c(Cl)ccc(Cl)c43)(CC1)CC2. The summed E-state index contributed by atoms with van der Waals surface area (Å²) in [7, 11) is 4.26. The molecule has 5 nitrogen and oxygen atoms in total. The van der Waals surface area contributed by atoms with Gasteiger partial charge >= 0.3 is 0 Å². The van der Waals surface area contributed by atoms with Crippen LogP contribution in [0.5, 0.6) is 0 Å². The number of nitrogens with zero attached hydrogens (tertiary/aromatic N) is 1. The Hall–Kier alpha value is -0.850. The van der Waals surface area contributed by atoms with Gasteiger partial charge in [0.1, 0.15) is 0 Å². The third-order valence-electron chi connectivity index (χ3n) is 7.54. The Bertz CT molecular complexity index is 773. The standard InChI is InChI=1S/C20H26Cl2N2O3/c1-24(2)19-8-5-18(6-9-19,7-10-19)14(25)11-20(27)15-12(21)3-4-13(22)16(15)23-17(20)26/h3-4,14,25,27H,5-11H2,1-2H3,(H,23,26)/t14?,18?,19?,20-/m1/s1. The molecule has 7 heteroatoms. The molecule has 3 aliphatic carbocycles. The van der Waals surface area contributed by atoms with Crippen molar-refractivity contribution in [3.8, 4) is 0 Å². The van der Waals surface area contributed by atoms with E-state index in [1.807, 2.05) is 0 Å². The molecule has 1 aromatic rings. The first-order valence-electron chi connectivity index (χ1n) is 9.51. The van der Waals surface area contributed by atoms with Gasteiger partial charge in [0, 0.05) is 22.5 Å². The number of carbonyl (C=O) groups is 1. The van der Waals surface area contributed by atoms with Gasteiger partial charge < -0.3 is 20.4 Å². The van der Waals surface area contributed by atoms with Crippen molar-refractivity contribution in [3.63, 3.8) is 0 Å². The van der Waals surface area contributed by atoms with E-state index in [9.17, 15) is 15.0 Å². The fourth-order valence-electron chi connectivity index (χ4n) is 5.47. The molecule has 1 aliphatic heterocycles. The van der Waals surface area contributed by atoms with Crippen LogP contribution in [0.3, 0.4) is 0 Å². The van der Waals surface area contributed by atoms with Crippen LogP contribution >= 0.6 is 23.2 Å².